The number of rotatable bonds is 19. The van der Waals surface area contributed by atoms with Crippen LogP contribution in [0.4, 0.5) is 0 Å². The van der Waals surface area contributed by atoms with E-state index in [1.54, 1.807) is 13.8 Å². The molecule has 44 heavy (non-hydrogen) atoms. The van der Waals surface area contributed by atoms with Gasteiger partial charge >= 0.3 is 0 Å². The molecule has 0 radical (unpaired) electrons. The fraction of sp³-hybridized carbons (Fsp3) is 0.533. The van der Waals surface area contributed by atoms with Crippen molar-refractivity contribution in [3.63, 3.8) is 0 Å². The summed E-state index contributed by atoms with van der Waals surface area (Å²) in [4.78, 5) is 98.0. The quantitative estimate of drug-likeness (QED) is 0.0751. The van der Waals surface area contributed by atoms with Crippen molar-refractivity contribution < 1.29 is 38.4 Å². The van der Waals surface area contributed by atoms with Crippen LogP contribution < -0.4 is 26.6 Å². The molecule has 14 heteroatoms. The van der Waals surface area contributed by atoms with Crippen LogP contribution in [0.5, 0.6) is 0 Å². The van der Waals surface area contributed by atoms with Gasteiger partial charge in [-0.15, -0.1) is 0 Å². The van der Waals surface area contributed by atoms with Gasteiger partial charge in [-0.3, -0.25) is 38.5 Å². The van der Waals surface area contributed by atoms with E-state index in [1.807, 2.05) is 30.3 Å². The Bertz CT molecular complexity index is 1190. The second-order valence-electron chi connectivity index (χ2n) is 10.5. The average Bonchev–Trinajstić information content (AvgIpc) is 3.24. The highest BCUT2D eigenvalue weighted by molar-refractivity contribution is 6.03. The first kappa shape index (κ1) is 35.6. The number of aldehydes is 1. The van der Waals surface area contributed by atoms with Crippen molar-refractivity contribution in [2.24, 2.45) is 5.92 Å². The Hall–Kier alpha value is -4.62. The lowest BCUT2D eigenvalue weighted by Gasteiger charge is -2.19. The summed E-state index contributed by atoms with van der Waals surface area (Å²) in [6, 6.07) is 7.09. The van der Waals surface area contributed by atoms with Gasteiger partial charge in [-0.1, -0.05) is 43.7 Å². The Morgan fingerprint density at radius 1 is 0.864 bits per heavy atom. The predicted octanol–water partition coefficient (Wildman–Crippen LogP) is -0.888. The van der Waals surface area contributed by atoms with Crippen LogP contribution in [0.3, 0.4) is 0 Å². The van der Waals surface area contributed by atoms with Crippen LogP contribution in [-0.2, 0) is 44.8 Å². The molecule has 2 rings (SSSR count). The maximum absolute atomic E-state index is 12.5. The molecule has 5 N–H and O–H groups in total. The number of nitrogens with zero attached hydrogens (tertiary/aromatic N) is 1. The fourth-order valence-electron chi connectivity index (χ4n) is 4.54. The molecule has 14 nitrogen and oxygen atoms in total. The number of hydrogen-bond acceptors (Lipinski definition) is 8. The molecule has 0 aromatic heterocycles. The van der Waals surface area contributed by atoms with Crippen LogP contribution in [0.25, 0.3) is 0 Å². The third kappa shape index (κ3) is 12.3. The van der Waals surface area contributed by atoms with Crippen LogP contribution in [0.15, 0.2) is 30.3 Å². The summed E-state index contributed by atoms with van der Waals surface area (Å²) >= 11 is 0. The van der Waals surface area contributed by atoms with Gasteiger partial charge in [-0.05, 0) is 25.3 Å². The summed E-state index contributed by atoms with van der Waals surface area (Å²) in [6.07, 6.45) is 2.28. The van der Waals surface area contributed by atoms with E-state index >= 15 is 0 Å². The second-order valence-corrected chi connectivity index (χ2v) is 10.5. The maximum atomic E-state index is 12.5. The largest absolute Gasteiger partial charge is 0.355 e. The van der Waals surface area contributed by atoms with Crippen LogP contribution in [0, 0.1) is 5.92 Å². The van der Waals surface area contributed by atoms with Gasteiger partial charge in [-0.2, -0.15) is 0 Å². The molecule has 0 bridgehead atoms. The van der Waals surface area contributed by atoms with Crippen LogP contribution in [0.1, 0.15) is 57.9 Å². The van der Waals surface area contributed by atoms with Crippen molar-refractivity contribution in [1.82, 2.24) is 31.5 Å². The smallest absolute Gasteiger partial charge is 0.243 e. The first-order valence-electron chi connectivity index (χ1n) is 14.8. The first-order valence-corrected chi connectivity index (χ1v) is 14.8. The molecule has 1 aromatic rings. The average molecular weight is 615 g/mol. The molecule has 7 amide bonds. The third-order valence-electron chi connectivity index (χ3n) is 6.89. The molecule has 0 spiro atoms. The van der Waals surface area contributed by atoms with Crippen molar-refractivity contribution in [1.29, 1.82) is 0 Å². The number of unbranched alkanes of at least 4 members (excludes halogenated alkanes) is 2. The summed E-state index contributed by atoms with van der Waals surface area (Å²) in [5.74, 6) is -3.54. The van der Waals surface area contributed by atoms with Gasteiger partial charge in [0, 0.05) is 44.7 Å². The SMILES string of the molecule is CCNC(=O)C(Cc1ccccc1)NC(=O)CNC(=O)CNC(=O)[C@H](CC=O)NC(=O)CCCCCN1C(=O)CC(C)C1=O. The van der Waals surface area contributed by atoms with Gasteiger partial charge in [0.1, 0.15) is 18.4 Å². The van der Waals surface area contributed by atoms with E-state index in [2.05, 4.69) is 26.6 Å². The number of likely N-dealkylation sites (N-methyl/N-ethyl adjacent to an activating group) is 1. The minimum Gasteiger partial charge on any atom is -0.355 e. The summed E-state index contributed by atoms with van der Waals surface area (Å²) in [5.41, 5.74) is 0.843. The third-order valence-corrected chi connectivity index (χ3v) is 6.89. The second kappa shape index (κ2) is 18.8. The van der Waals surface area contributed by atoms with Gasteiger partial charge in [0.15, 0.2) is 0 Å². The number of benzene rings is 1. The van der Waals surface area contributed by atoms with Crippen molar-refractivity contribution in [2.75, 3.05) is 26.2 Å². The van der Waals surface area contributed by atoms with Crippen molar-refractivity contribution >= 4 is 47.6 Å². The van der Waals surface area contributed by atoms with Gasteiger partial charge in [0.05, 0.1) is 13.1 Å². The van der Waals surface area contributed by atoms with E-state index in [9.17, 15) is 38.4 Å². The Labute approximate surface area is 256 Å². The standard InChI is InChI=1S/C30H42N6O8/c1-3-31-29(43)23(17-21-10-6-4-7-11-21)35-26(40)19-32-25(39)18-33-28(42)22(13-15-37)34-24(38)12-8-5-9-14-36-27(41)16-20(2)30(36)44/h4,6-7,10-11,15,20,22-23H,3,5,8-9,12-14,16-19H2,1-2H3,(H,31,43)(H,32,39)(H,33,42)(H,34,38)(H,35,40)/t20?,22-,23?/m0/s1. The molecule has 1 aromatic carbocycles. The number of carbonyl (C=O) groups excluding carboxylic acids is 8. The van der Waals surface area contributed by atoms with Gasteiger partial charge in [-0.25, -0.2) is 0 Å². The molecule has 0 aliphatic carbocycles. The Morgan fingerprint density at radius 2 is 1.52 bits per heavy atom. The topological polar surface area (TPSA) is 200 Å². The molecule has 1 heterocycles. The molecule has 240 valence electrons. The normalized spacial score (nSPS) is 15.6. The van der Waals surface area contributed by atoms with Crippen LogP contribution in [0.2, 0.25) is 0 Å². The lowest BCUT2D eigenvalue weighted by atomic mass is 10.1. The van der Waals surface area contributed by atoms with E-state index in [1.165, 1.54) is 4.90 Å². The first-order chi connectivity index (χ1) is 21.0. The molecule has 0 saturated carbocycles. The molecule has 1 aliphatic rings. The number of likely N-dealkylation sites (tertiary alicyclic amines) is 1. The highest BCUT2D eigenvalue weighted by Crippen LogP contribution is 2.19. The predicted molar refractivity (Wildman–Crippen MR) is 158 cm³/mol. The number of carbonyl (C=O) groups is 8. The lowest BCUT2D eigenvalue weighted by molar-refractivity contribution is -0.139. The molecule has 2 unspecified atom stereocenters. The van der Waals surface area contributed by atoms with Crippen LogP contribution >= 0.6 is 0 Å². The van der Waals surface area contributed by atoms with E-state index in [4.69, 9.17) is 0 Å². The zero-order valence-corrected chi connectivity index (χ0v) is 25.2. The summed E-state index contributed by atoms with van der Waals surface area (Å²) in [7, 11) is 0. The number of amides is 7. The Balaban J connectivity index is 1.71. The molecule has 3 atom stereocenters. The molecular weight excluding hydrogens is 572 g/mol. The summed E-state index contributed by atoms with van der Waals surface area (Å²) in [5, 5.41) is 12.4. The zero-order chi connectivity index (χ0) is 32.5. The van der Waals surface area contributed by atoms with Gasteiger partial charge < -0.3 is 31.4 Å². The van der Waals surface area contributed by atoms with Gasteiger partial charge in [0.25, 0.3) is 0 Å². The fourth-order valence-corrected chi connectivity index (χ4v) is 4.54. The van der Waals surface area contributed by atoms with Crippen molar-refractivity contribution in [2.45, 2.75) is 70.9 Å². The monoisotopic (exact) mass is 614 g/mol. The number of hydrogen-bond donors (Lipinski definition) is 5. The maximum Gasteiger partial charge on any atom is 0.243 e. The van der Waals surface area contributed by atoms with Crippen LogP contribution in [-0.4, -0.2) is 90.8 Å². The van der Waals surface area contributed by atoms with E-state index in [-0.39, 0.29) is 49.3 Å². The Morgan fingerprint density at radius 3 is 2.16 bits per heavy atom. The van der Waals surface area contributed by atoms with E-state index in [0.717, 1.165) is 5.56 Å². The summed E-state index contributed by atoms with van der Waals surface area (Å²) in [6.45, 7) is 3.20. The molecule has 1 saturated heterocycles. The molecule has 1 fully saturated rings. The Kier molecular flexibility index (Phi) is 15.2. The van der Waals surface area contributed by atoms with Crippen molar-refractivity contribution in [3.8, 4) is 0 Å². The lowest BCUT2D eigenvalue weighted by Crippen LogP contribution is -2.52. The van der Waals surface area contributed by atoms with E-state index in [0.29, 0.717) is 38.6 Å². The highest BCUT2D eigenvalue weighted by atomic mass is 16.2. The zero-order valence-electron chi connectivity index (χ0n) is 25.2. The summed E-state index contributed by atoms with van der Waals surface area (Å²) < 4.78 is 0. The van der Waals surface area contributed by atoms with Gasteiger partial charge in [0.2, 0.25) is 41.4 Å². The minimum atomic E-state index is -1.19. The number of imide groups is 1. The van der Waals surface area contributed by atoms with Crippen molar-refractivity contribution in [3.05, 3.63) is 35.9 Å². The highest BCUT2D eigenvalue weighted by Gasteiger charge is 2.34. The van der Waals surface area contributed by atoms with E-state index < -0.39 is 48.8 Å². The number of nitrogens with one attached hydrogen (secondary N) is 5. The minimum absolute atomic E-state index is 0.0675. The molecule has 1 aliphatic heterocycles. The molecular formula is C30H42N6O8.